The van der Waals surface area contributed by atoms with Gasteiger partial charge >= 0.3 is 0 Å². The number of carbonyl (C=O) groups is 1. The molecule has 2 heterocycles. The highest BCUT2D eigenvalue weighted by molar-refractivity contribution is 7.26. The van der Waals surface area contributed by atoms with Crippen LogP contribution in [0.5, 0.6) is 0 Å². The van der Waals surface area contributed by atoms with Crippen molar-refractivity contribution in [1.82, 2.24) is 9.78 Å². The predicted octanol–water partition coefficient (Wildman–Crippen LogP) is 5.30. The van der Waals surface area contributed by atoms with Crippen molar-refractivity contribution in [2.45, 2.75) is 33.2 Å². The quantitative estimate of drug-likeness (QED) is 0.471. The summed E-state index contributed by atoms with van der Waals surface area (Å²) in [5, 5.41) is 9.61. The predicted molar refractivity (Wildman–Crippen MR) is 120 cm³/mol. The number of carbonyl (C=O) groups excluding carboxylic acids is 1. The summed E-state index contributed by atoms with van der Waals surface area (Å²) >= 11 is 7.59. The number of benzene rings is 2. The van der Waals surface area contributed by atoms with Crippen LogP contribution in [0.1, 0.15) is 24.1 Å². The molecule has 2 aromatic carbocycles. The van der Waals surface area contributed by atoms with Crippen molar-refractivity contribution in [2.24, 2.45) is 0 Å². The van der Waals surface area contributed by atoms with Crippen LogP contribution in [-0.2, 0) is 11.3 Å². The third kappa shape index (κ3) is 3.91. The molecule has 1 N–H and O–H groups in total. The Morgan fingerprint density at radius 3 is 2.83 bits per heavy atom. The third-order valence-electron chi connectivity index (χ3n) is 4.89. The van der Waals surface area contributed by atoms with Crippen molar-refractivity contribution in [3.05, 3.63) is 69.1 Å². The van der Waals surface area contributed by atoms with Crippen LogP contribution in [0.4, 0.5) is 5.69 Å². The fourth-order valence-electron chi connectivity index (χ4n) is 3.40. The van der Waals surface area contributed by atoms with E-state index in [2.05, 4.69) is 10.4 Å². The van der Waals surface area contributed by atoms with Gasteiger partial charge in [0, 0.05) is 33.8 Å². The zero-order chi connectivity index (χ0) is 20.5. The minimum Gasteiger partial charge on any atom is -0.326 e. The highest BCUT2D eigenvalue weighted by Crippen LogP contribution is 2.32. The minimum atomic E-state index is -0.109. The molecule has 0 aliphatic heterocycles. The second kappa shape index (κ2) is 7.97. The van der Waals surface area contributed by atoms with E-state index in [1.165, 1.54) is 4.68 Å². The molecule has 0 aliphatic rings. The number of fused-ring (bicyclic) bond motifs is 3. The number of hydrogen-bond donors (Lipinski definition) is 1. The molecule has 0 fully saturated rings. The smallest absolute Gasteiger partial charge is 0.276 e. The molecular formula is C22H20ClN3O2S. The molecule has 148 valence electrons. The molecule has 7 heteroatoms. The third-order valence-corrected chi connectivity index (χ3v) is 6.41. The molecule has 1 amide bonds. The van der Waals surface area contributed by atoms with Crippen LogP contribution in [-0.4, -0.2) is 15.7 Å². The first kappa shape index (κ1) is 19.6. The van der Waals surface area contributed by atoms with Crippen molar-refractivity contribution < 1.29 is 4.79 Å². The lowest BCUT2D eigenvalue weighted by molar-refractivity contribution is -0.116. The Morgan fingerprint density at radius 1 is 1.21 bits per heavy atom. The molecule has 4 rings (SSSR count). The SMILES string of the molecule is Cc1ccc(Cl)cc1NC(=O)CCCn1nc(C)c2sc3ccccc3c2c1=O. The second-order valence-electron chi connectivity index (χ2n) is 7.03. The number of thiophene rings is 1. The molecule has 5 nitrogen and oxygen atoms in total. The summed E-state index contributed by atoms with van der Waals surface area (Å²) in [7, 11) is 0. The molecule has 0 saturated carbocycles. The largest absolute Gasteiger partial charge is 0.326 e. The first-order valence-electron chi connectivity index (χ1n) is 9.39. The average molecular weight is 426 g/mol. The molecule has 0 spiro atoms. The Balaban J connectivity index is 1.50. The maximum atomic E-state index is 13.0. The number of aryl methyl sites for hydroxylation is 3. The first-order valence-corrected chi connectivity index (χ1v) is 10.6. The van der Waals surface area contributed by atoms with Gasteiger partial charge in [-0.05, 0) is 44.0 Å². The normalized spacial score (nSPS) is 11.3. The molecule has 0 bridgehead atoms. The van der Waals surface area contributed by atoms with Crippen LogP contribution in [0.3, 0.4) is 0 Å². The highest BCUT2D eigenvalue weighted by Gasteiger charge is 2.14. The Bertz CT molecular complexity index is 1290. The van der Waals surface area contributed by atoms with E-state index >= 15 is 0 Å². The van der Waals surface area contributed by atoms with Crippen LogP contribution >= 0.6 is 22.9 Å². The number of aromatic nitrogens is 2. The zero-order valence-corrected chi connectivity index (χ0v) is 17.7. The number of hydrogen-bond acceptors (Lipinski definition) is 4. The lowest BCUT2D eigenvalue weighted by Crippen LogP contribution is -2.24. The van der Waals surface area contributed by atoms with Gasteiger partial charge < -0.3 is 5.32 Å². The fraction of sp³-hybridized carbons (Fsp3) is 0.227. The summed E-state index contributed by atoms with van der Waals surface area (Å²) in [4.78, 5) is 25.3. The zero-order valence-electron chi connectivity index (χ0n) is 16.2. The lowest BCUT2D eigenvalue weighted by atomic mass is 10.2. The van der Waals surface area contributed by atoms with Gasteiger partial charge in [0.1, 0.15) is 0 Å². The summed E-state index contributed by atoms with van der Waals surface area (Å²) in [6.07, 6.45) is 0.812. The van der Waals surface area contributed by atoms with E-state index < -0.39 is 0 Å². The average Bonchev–Trinajstić information content (AvgIpc) is 3.09. The molecular weight excluding hydrogens is 406 g/mol. The van der Waals surface area contributed by atoms with E-state index in [0.717, 1.165) is 31.4 Å². The number of halogens is 1. The van der Waals surface area contributed by atoms with Crippen molar-refractivity contribution in [3.8, 4) is 0 Å². The van der Waals surface area contributed by atoms with Crippen molar-refractivity contribution in [1.29, 1.82) is 0 Å². The van der Waals surface area contributed by atoms with Crippen LogP contribution in [0.2, 0.25) is 5.02 Å². The van der Waals surface area contributed by atoms with E-state index in [1.54, 1.807) is 23.5 Å². The van der Waals surface area contributed by atoms with E-state index in [-0.39, 0.29) is 11.5 Å². The Kier molecular flexibility index (Phi) is 5.39. The van der Waals surface area contributed by atoms with Crippen LogP contribution < -0.4 is 10.9 Å². The number of nitrogens with zero attached hydrogens (tertiary/aromatic N) is 2. The van der Waals surface area contributed by atoms with Gasteiger partial charge in [-0.2, -0.15) is 5.10 Å². The Hall–Kier alpha value is -2.70. The molecule has 2 aromatic heterocycles. The van der Waals surface area contributed by atoms with Gasteiger partial charge in [0.05, 0.1) is 15.8 Å². The maximum Gasteiger partial charge on any atom is 0.276 e. The summed E-state index contributed by atoms with van der Waals surface area (Å²) in [6, 6.07) is 13.3. The Labute approximate surface area is 176 Å². The lowest BCUT2D eigenvalue weighted by Gasteiger charge is -2.10. The van der Waals surface area contributed by atoms with Gasteiger partial charge in [0.15, 0.2) is 0 Å². The van der Waals surface area contributed by atoms with E-state index in [0.29, 0.717) is 30.1 Å². The van der Waals surface area contributed by atoms with Crippen LogP contribution in [0.15, 0.2) is 47.3 Å². The second-order valence-corrected chi connectivity index (χ2v) is 8.52. The highest BCUT2D eigenvalue weighted by atomic mass is 35.5. The monoisotopic (exact) mass is 425 g/mol. The van der Waals surface area contributed by atoms with Crippen molar-refractivity contribution >= 4 is 54.7 Å². The number of anilines is 1. The topological polar surface area (TPSA) is 64.0 Å². The minimum absolute atomic E-state index is 0.103. The Morgan fingerprint density at radius 2 is 2.00 bits per heavy atom. The molecule has 4 aromatic rings. The van der Waals surface area contributed by atoms with Gasteiger partial charge in [0.2, 0.25) is 5.91 Å². The maximum absolute atomic E-state index is 13.0. The summed E-state index contributed by atoms with van der Waals surface area (Å²) in [5.41, 5.74) is 2.39. The summed E-state index contributed by atoms with van der Waals surface area (Å²) < 4.78 is 3.49. The molecule has 0 unspecified atom stereocenters. The van der Waals surface area contributed by atoms with Gasteiger partial charge in [-0.15, -0.1) is 11.3 Å². The number of nitrogens with one attached hydrogen (secondary N) is 1. The summed E-state index contributed by atoms with van der Waals surface area (Å²) in [6.45, 7) is 4.22. The van der Waals surface area contributed by atoms with Crippen LogP contribution in [0, 0.1) is 13.8 Å². The fourth-order valence-corrected chi connectivity index (χ4v) is 4.70. The molecule has 0 atom stereocenters. The molecule has 29 heavy (non-hydrogen) atoms. The molecule has 0 aliphatic carbocycles. The van der Waals surface area contributed by atoms with Gasteiger partial charge in [0.25, 0.3) is 5.56 Å². The van der Waals surface area contributed by atoms with Crippen molar-refractivity contribution in [2.75, 3.05) is 5.32 Å². The number of amides is 1. The van der Waals surface area contributed by atoms with E-state index in [1.807, 2.05) is 44.2 Å². The first-order chi connectivity index (χ1) is 13.9. The van der Waals surface area contributed by atoms with E-state index in [4.69, 9.17) is 11.6 Å². The van der Waals surface area contributed by atoms with Crippen LogP contribution in [0.25, 0.3) is 20.2 Å². The number of rotatable bonds is 5. The van der Waals surface area contributed by atoms with E-state index in [9.17, 15) is 9.59 Å². The van der Waals surface area contributed by atoms with Gasteiger partial charge in [-0.1, -0.05) is 35.9 Å². The van der Waals surface area contributed by atoms with Gasteiger partial charge in [-0.25, -0.2) is 4.68 Å². The molecule has 0 saturated heterocycles. The summed E-state index contributed by atoms with van der Waals surface area (Å²) in [5.74, 6) is -0.109. The van der Waals surface area contributed by atoms with Gasteiger partial charge in [-0.3, -0.25) is 9.59 Å². The van der Waals surface area contributed by atoms with Crippen molar-refractivity contribution in [3.63, 3.8) is 0 Å². The standard InChI is InChI=1S/C22H20ClN3O2S/c1-13-9-10-15(23)12-17(13)24-19(27)8-5-11-26-22(28)20-16-6-3-4-7-18(16)29-21(20)14(2)25-26/h3-4,6-7,9-10,12H,5,8,11H2,1-2H3,(H,24,27). The molecule has 0 radical (unpaired) electrons.